The zero-order chi connectivity index (χ0) is 27.4. The molecule has 208 valence electrons. The number of sulfonamides is 1. The highest BCUT2D eigenvalue weighted by Gasteiger charge is 2.32. The molecule has 13 heteroatoms. The number of urea groups is 1. The predicted octanol–water partition coefficient (Wildman–Crippen LogP) is 1.19. The number of hydrogen-bond acceptors (Lipinski definition) is 7. The molecular weight excluding hydrogens is 507 g/mol. The second kappa shape index (κ2) is 14.8. The normalized spacial score (nSPS) is 14.5. The van der Waals surface area contributed by atoms with Crippen LogP contribution in [0.25, 0.3) is 0 Å². The van der Waals surface area contributed by atoms with Crippen molar-refractivity contribution in [2.24, 2.45) is 0 Å². The number of amides is 3. The zero-order valence-corrected chi connectivity index (χ0v) is 22.5. The van der Waals surface area contributed by atoms with Gasteiger partial charge in [0.15, 0.2) is 0 Å². The Labute approximate surface area is 217 Å². The van der Waals surface area contributed by atoms with E-state index in [-0.39, 0.29) is 51.2 Å². The Hall–Kier alpha value is -2.77. The number of benzene rings is 1. The molecule has 11 nitrogen and oxygen atoms in total. The van der Waals surface area contributed by atoms with Crippen molar-refractivity contribution in [2.45, 2.75) is 39.3 Å². The van der Waals surface area contributed by atoms with Crippen LogP contribution < -0.4 is 5.32 Å². The second-order valence-electron chi connectivity index (χ2n) is 8.56. The largest absolute Gasteiger partial charge is 0.465 e. The van der Waals surface area contributed by atoms with Crippen LogP contribution in [0, 0.1) is 5.82 Å². The number of piperidine rings is 1. The van der Waals surface area contributed by atoms with Gasteiger partial charge in [-0.2, -0.15) is 4.31 Å². The summed E-state index contributed by atoms with van der Waals surface area (Å²) in [5.74, 6) is -1.54. The van der Waals surface area contributed by atoms with Crippen molar-refractivity contribution >= 4 is 27.9 Å². The minimum Gasteiger partial charge on any atom is -0.465 e. The lowest BCUT2D eigenvalue weighted by molar-refractivity contribution is -0.142. The van der Waals surface area contributed by atoms with Crippen LogP contribution in [-0.4, -0.2) is 105 Å². The number of carbonyl (C=O) groups excluding carboxylic acids is 3. The van der Waals surface area contributed by atoms with Crippen LogP contribution >= 0.6 is 0 Å². The number of halogens is 1. The van der Waals surface area contributed by atoms with Crippen molar-refractivity contribution in [3.63, 3.8) is 0 Å². The molecule has 1 aliphatic heterocycles. The molecule has 0 spiro atoms. The number of esters is 1. The Morgan fingerprint density at radius 3 is 2.49 bits per heavy atom. The number of carbonyl (C=O) groups is 3. The van der Waals surface area contributed by atoms with E-state index in [1.165, 1.54) is 26.2 Å². The maximum atomic E-state index is 13.8. The van der Waals surface area contributed by atoms with E-state index in [9.17, 15) is 27.2 Å². The number of hydrogen-bond donors (Lipinski definition) is 1. The number of nitrogens with one attached hydrogen (secondary N) is 1. The van der Waals surface area contributed by atoms with E-state index in [4.69, 9.17) is 9.47 Å². The fourth-order valence-electron chi connectivity index (χ4n) is 4.04. The van der Waals surface area contributed by atoms with Crippen molar-refractivity contribution < 1.29 is 36.7 Å². The third kappa shape index (κ3) is 9.56. The summed E-state index contributed by atoms with van der Waals surface area (Å²) in [5.41, 5.74) is 0.574. The van der Waals surface area contributed by atoms with Gasteiger partial charge in [-0.1, -0.05) is 12.1 Å². The monoisotopic (exact) mass is 544 g/mol. The highest BCUT2D eigenvalue weighted by Crippen LogP contribution is 2.21. The summed E-state index contributed by atoms with van der Waals surface area (Å²) in [4.78, 5) is 40.5. The topological polar surface area (TPSA) is 126 Å². The number of nitrogens with zero attached hydrogens (tertiary/aromatic N) is 3. The lowest BCUT2D eigenvalue weighted by atomic mass is 10.0. The van der Waals surface area contributed by atoms with Crippen LogP contribution in [0.5, 0.6) is 0 Å². The van der Waals surface area contributed by atoms with Crippen LogP contribution in [0.3, 0.4) is 0 Å². The summed E-state index contributed by atoms with van der Waals surface area (Å²) >= 11 is 0. The number of rotatable bonds is 13. The second-order valence-corrected chi connectivity index (χ2v) is 10.8. The third-order valence-corrected chi connectivity index (χ3v) is 7.89. The SMILES string of the molecule is CCOC(=O)CNC(=O)N1CCC(N(Cc2cccc(F)c2)C(=O)CN(CCOC)S(=O)(=O)CC)CC1. The van der Waals surface area contributed by atoms with Gasteiger partial charge in [0.1, 0.15) is 12.4 Å². The molecule has 37 heavy (non-hydrogen) atoms. The van der Waals surface area contributed by atoms with Crippen LogP contribution in [0.1, 0.15) is 32.3 Å². The van der Waals surface area contributed by atoms with Crippen molar-refractivity contribution in [1.29, 1.82) is 0 Å². The van der Waals surface area contributed by atoms with Gasteiger partial charge in [0.2, 0.25) is 15.9 Å². The highest BCUT2D eigenvalue weighted by molar-refractivity contribution is 7.89. The molecule has 1 N–H and O–H groups in total. The van der Waals surface area contributed by atoms with Crippen molar-refractivity contribution in [3.05, 3.63) is 35.6 Å². The predicted molar refractivity (Wildman–Crippen MR) is 134 cm³/mol. The van der Waals surface area contributed by atoms with Gasteiger partial charge in [-0.3, -0.25) is 9.59 Å². The maximum absolute atomic E-state index is 13.8. The standard InChI is InChI=1S/C24H37FN4O7S/c1-4-36-23(31)16-26-24(32)27-11-9-21(10-12-27)29(17-19-7-6-8-20(25)15-19)22(30)18-28(13-14-35-3)37(33,34)5-2/h6-8,15,21H,4-5,9-14,16-18H2,1-3H3,(H,26,32). The third-order valence-electron chi connectivity index (χ3n) is 6.06. The Morgan fingerprint density at radius 2 is 1.89 bits per heavy atom. The fourth-order valence-corrected chi connectivity index (χ4v) is 5.06. The number of ether oxygens (including phenoxy) is 2. The summed E-state index contributed by atoms with van der Waals surface area (Å²) in [7, 11) is -2.21. The minimum absolute atomic E-state index is 0.0330. The fraction of sp³-hybridized carbons (Fsp3) is 0.625. The van der Waals surface area contributed by atoms with Gasteiger partial charge < -0.3 is 24.6 Å². The van der Waals surface area contributed by atoms with Crippen LogP contribution in [0.2, 0.25) is 0 Å². The lowest BCUT2D eigenvalue weighted by Gasteiger charge is -2.39. The first-order valence-corrected chi connectivity index (χ1v) is 13.9. The average molecular weight is 545 g/mol. The Kier molecular flexibility index (Phi) is 12.2. The van der Waals surface area contributed by atoms with E-state index in [0.717, 1.165) is 4.31 Å². The molecule has 1 aromatic carbocycles. The van der Waals surface area contributed by atoms with Crippen LogP contribution in [-0.2, 0) is 35.6 Å². The summed E-state index contributed by atoms with van der Waals surface area (Å²) in [5, 5.41) is 2.52. The summed E-state index contributed by atoms with van der Waals surface area (Å²) in [6, 6.07) is 5.20. The molecule has 0 atom stereocenters. The van der Waals surface area contributed by atoms with Crippen molar-refractivity contribution in [3.8, 4) is 0 Å². The first-order valence-electron chi connectivity index (χ1n) is 12.3. The Morgan fingerprint density at radius 1 is 1.19 bits per heavy atom. The van der Waals surface area contributed by atoms with Gasteiger partial charge in [0.05, 0.1) is 25.5 Å². The van der Waals surface area contributed by atoms with Crippen molar-refractivity contribution in [2.75, 3.05) is 58.8 Å². The maximum Gasteiger partial charge on any atom is 0.325 e. The number of likely N-dealkylation sites (tertiary alicyclic amines) is 1. The molecule has 0 bridgehead atoms. The molecule has 1 aliphatic rings. The van der Waals surface area contributed by atoms with E-state index < -0.39 is 33.7 Å². The molecule has 2 rings (SSSR count). The smallest absolute Gasteiger partial charge is 0.325 e. The first-order chi connectivity index (χ1) is 17.6. The molecule has 1 fully saturated rings. The minimum atomic E-state index is -3.66. The van der Waals surface area contributed by atoms with Crippen LogP contribution in [0.15, 0.2) is 24.3 Å². The van der Waals surface area contributed by atoms with Crippen molar-refractivity contribution in [1.82, 2.24) is 19.4 Å². The van der Waals surface area contributed by atoms with E-state index in [0.29, 0.717) is 31.5 Å². The Bertz CT molecular complexity index is 1020. The molecular formula is C24H37FN4O7S. The molecule has 0 aromatic heterocycles. The van der Waals surface area contributed by atoms with E-state index >= 15 is 0 Å². The molecule has 3 amide bonds. The molecule has 0 radical (unpaired) electrons. The lowest BCUT2D eigenvalue weighted by Crippen LogP contribution is -2.53. The van der Waals surface area contributed by atoms with Gasteiger partial charge in [0.25, 0.3) is 0 Å². The summed E-state index contributed by atoms with van der Waals surface area (Å²) in [6.07, 6.45) is 0.874. The van der Waals surface area contributed by atoms with E-state index in [2.05, 4.69) is 5.32 Å². The molecule has 0 aliphatic carbocycles. The van der Waals surface area contributed by atoms with Gasteiger partial charge in [-0.15, -0.1) is 0 Å². The summed E-state index contributed by atoms with van der Waals surface area (Å²) in [6.45, 7) is 3.72. The molecule has 0 unspecified atom stereocenters. The average Bonchev–Trinajstić information content (AvgIpc) is 2.88. The van der Waals surface area contributed by atoms with Gasteiger partial charge >= 0.3 is 12.0 Å². The van der Waals surface area contributed by atoms with Crippen LogP contribution in [0.4, 0.5) is 9.18 Å². The van der Waals surface area contributed by atoms with Gasteiger partial charge in [-0.25, -0.2) is 17.6 Å². The van der Waals surface area contributed by atoms with Gasteiger partial charge in [-0.05, 0) is 44.4 Å². The highest BCUT2D eigenvalue weighted by atomic mass is 32.2. The zero-order valence-electron chi connectivity index (χ0n) is 21.7. The number of methoxy groups -OCH3 is 1. The van der Waals surface area contributed by atoms with Gasteiger partial charge in [0, 0.05) is 39.3 Å². The van der Waals surface area contributed by atoms with E-state index in [1.807, 2.05) is 0 Å². The van der Waals surface area contributed by atoms with E-state index in [1.54, 1.807) is 28.9 Å². The molecule has 0 saturated carbocycles. The first kappa shape index (κ1) is 30.5. The summed E-state index contributed by atoms with van der Waals surface area (Å²) < 4.78 is 49.9. The molecule has 1 aromatic rings. The Balaban J connectivity index is 2.14. The quantitative estimate of drug-likeness (QED) is 0.370. The molecule has 1 heterocycles. The molecule has 1 saturated heterocycles.